The number of urea groups is 1. The maximum absolute atomic E-state index is 13.4. The molecule has 2 N–H and O–H groups in total. The van der Waals surface area contributed by atoms with Gasteiger partial charge in [0.1, 0.15) is 5.75 Å². The Morgan fingerprint density at radius 1 is 1.06 bits per heavy atom. The van der Waals surface area contributed by atoms with Crippen molar-refractivity contribution >= 4 is 22.6 Å². The van der Waals surface area contributed by atoms with Crippen LogP contribution in [0, 0.1) is 0 Å². The van der Waals surface area contributed by atoms with Crippen molar-refractivity contribution in [1.29, 1.82) is 0 Å². The molecule has 5 rings (SSSR count). The number of para-hydroxylation sites is 1. The number of amides is 2. The number of nitrogens with zero attached hydrogens (tertiary/aromatic N) is 1. The van der Waals surface area contributed by atoms with E-state index in [-0.39, 0.29) is 12.1 Å². The Balaban J connectivity index is 1.53. The summed E-state index contributed by atoms with van der Waals surface area (Å²) in [6.07, 6.45) is 1.79. The van der Waals surface area contributed by atoms with E-state index in [0.29, 0.717) is 6.54 Å². The number of carbonyl (C=O) groups excluding carboxylic acids is 1. The van der Waals surface area contributed by atoms with Gasteiger partial charge in [-0.1, -0.05) is 49.4 Å². The molecular formula is C27H27N3O2. The summed E-state index contributed by atoms with van der Waals surface area (Å²) >= 11 is 0. The van der Waals surface area contributed by atoms with E-state index >= 15 is 0 Å². The first-order chi connectivity index (χ1) is 15.7. The summed E-state index contributed by atoms with van der Waals surface area (Å²) in [7, 11) is 1.66. The van der Waals surface area contributed by atoms with Crippen molar-refractivity contribution < 1.29 is 9.53 Å². The van der Waals surface area contributed by atoms with Crippen LogP contribution in [0.2, 0.25) is 0 Å². The molecule has 2 heterocycles. The molecule has 0 spiro atoms. The molecule has 3 aromatic carbocycles. The number of methoxy groups -OCH3 is 1. The number of ether oxygens (including phenoxy) is 1. The summed E-state index contributed by atoms with van der Waals surface area (Å²) in [5, 5.41) is 4.33. The maximum atomic E-state index is 13.4. The van der Waals surface area contributed by atoms with Gasteiger partial charge in [0.2, 0.25) is 0 Å². The third-order valence-electron chi connectivity index (χ3n) is 6.34. The van der Waals surface area contributed by atoms with E-state index in [1.165, 1.54) is 16.5 Å². The fourth-order valence-electron chi connectivity index (χ4n) is 4.61. The molecule has 1 unspecified atom stereocenters. The number of benzene rings is 3. The molecule has 32 heavy (non-hydrogen) atoms. The summed E-state index contributed by atoms with van der Waals surface area (Å²) in [4.78, 5) is 19.0. The van der Waals surface area contributed by atoms with E-state index < -0.39 is 0 Å². The summed E-state index contributed by atoms with van der Waals surface area (Å²) < 4.78 is 5.35. The Kier molecular flexibility index (Phi) is 5.31. The molecule has 1 aliphatic rings. The van der Waals surface area contributed by atoms with Gasteiger partial charge in [0.15, 0.2) is 0 Å². The normalized spacial score (nSPS) is 15.4. The molecule has 5 nitrogen and oxygen atoms in total. The smallest absolute Gasteiger partial charge is 0.322 e. The van der Waals surface area contributed by atoms with Crippen molar-refractivity contribution in [2.24, 2.45) is 0 Å². The Labute approximate surface area is 188 Å². The first kappa shape index (κ1) is 20.2. The van der Waals surface area contributed by atoms with E-state index in [9.17, 15) is 4.79 Å². The Morgan fingerprint density at radius 3 is 2.53 bits per heavy atom. The summed E-state index contributed by atoms with van der Waals surface area (Å²) in [5.74, 6) is 0.799. The monoisotopic (exact) mass is 425 g/mol. The van der Waals surface area contributed by atoms with Gasteiger partial charge in [0.25, 0.3) is 0 Å². The highest BCUT2D eigenvalue weighted by Gasteiger charge is 2.34. The number of aromatic amines is 1. The zero-order chi connectivity index (χ0) is 22.1. The molecule has 0 fully saturated rings. The molecule has 0 aliphatic carbocycles. The number of aryl methyl sites for hydroxylation is 1. The van der Waals surface area contributed by atoms with Crippen LogP contribution in [0.3, 0.4) is 0 Å². The molecule has 1 aliphatic heterocycles. The molecule has 0 saturated heterocycles. The number of rotatable bonds is 4. The van der Waals surface area contributed by atoms with E-state index in [1.54, 1.807) is 7.11 Å². The average molecular weight is 426 g/mol. The Bertz CT molecular complexity index is 1240. The van der Waals surface area contributed by atoms with Gasteiger partial charge in [-0.2, -0.15) is 0 Å². The van der Waals surface area contributed by atoms with Gasteiger partial charge in [-0.25, -0.2) is 4.79 Å². The molecule has 0 radical (unpaired) electrons. The fraction of sp³-hybridized carbons (Fsp3) is 0.222. The van der Waals surface area contributed by atoms with E-state index in [2.05, 4.69) is 47.6 Å². The van der Waals surface area contributed by atoms with Gasteiger partial charge in [-0.3, -0.25) is 0 Å². The summed E-state index contributed by atoms with van der Waals surface area (Å²) in [6.45, 7) is 2.77. The second-order valence-electron chi connectivity index (χ2n) is 8.16. The second-order valence-corrected chi connectivity index (χ2v) is 8.16. The zero-order valence-corrected chi connectivity index (χ0v) is 18.4. The number of aromatic nitrogens is 1. The third kappa shape index (κ3) is 3.60. The van der Waals surface area contributed by atoms with Crippen LogP contribution in [-0.4, -0.2) is 29.6 Å². The molecule has 1 aromatic heterocycles. The van der Waals surface area contributed by atoms with E-state index in [0.717, 1.165) is 41.1 Å². The predicted molar refractivity (Wildman–Crippen MR) is 128 cm³/mol. The van der Waals surface area contributed by atoms with Crippen LogP contribution < -0.4 is 10.1 Å². The van der Waals surface area contributed by atoms with Crippen molar-refractivity contribution in [2.75, 3.05) is 19.0 Å². The minimum absolute atomic E-state index is 0.0978. The van der Waals surface area contributed by atoms with Crippen LogP contribution in [-0.2, 0) is 12.8 Å². The first-order valence-electron chi connectivity index (χ1n) is 11.1. The van der Waals surface area contributed by atoms with Crippen LogP contribution in [0.25, 0.3) is 10.9 Å². The lowest BCUT2D eigenvalue weighted by Gasteiger charge is -2.36. The number of nitrogens with one attached hydrogen (secondary N) is 2. The van der Waals surface area contributed by atoms with Gasteiger partial charge in [0, 0.05) is 28.8 Å². The van der Waals surface area contributed by atoms with Crippen molar-refractivity contribution in [3.05, 3.63) is 95.2 Å². The number of hydrogen-bond acceptors (Lipinski definition) is 2. The molecule has 4 aromatic rings. The number of carbonyl (C=O) groups is 1. The lowest BCUT2D eigenvalue weighted by Crippen LogP contribution is -2.43. The Morgan fingerprint density at radius 2 is 1.81 bits per heavy atom. The van der Waals surface area contributed by atoms with Gasteiger partial charge in [0.05, 0.1) is 13.2 Å². The first-order valence-corrected chi connectivity index (χ1v) is 11.1. The summed E-state index contributed by atoms with van der Waals surface area (Å²) in [6, 6.07) is 24.1. The SMILES string of the molecule is CCc1ccc(NC(=O)N2CCc3c([nH]c4ccccc34)C2c2ccc(OC)cc2)cc1. The number of fused-ring (bicyclic) bond motifs is 3. The van der Waals surface area contributed by atoms with Gasteiger partial charge >= 0.3 is 6.03 Å². The van der Waals surface area contributed by atoms with Gasteiger partial charge in [-0.05, 0) is 59.9 Å². The highest BCUT2D eigenvalue weighted by Crippen LogP contribution is 2.39. The lowest BCUT2D eigenvalue weighted by molar-refractivity contribution is 0.193. The fourth-order valence-corrected chi connectivity index (χ4v) is 4.61. The van der Waals surface area contributed by atoms with Gasteiger partial charge < -0.3 is 19.9 Å². The van der Waals surface area contributed by atoms with Crippen LogP contribution in [0.5, 0.6) is 5.75 Å². The molecule has 5 heteroatoms. The van der Waals surface area contributed by atoms with Crippen molar-refractivity contribution in [3.63, 3.8) is 0 Å². The van der Waals surface area contributed by atoms with Crippen molar-refractivity contribution in [3.8, 4) is 5.75 Å². The summed E-state index contributed by atoms with van der Waals surface area (Å²) in [5.41, 5.74) is 6.59. The predicted octanol–water partition coefficient (Wildman–Crippen LogP) is 5.92. The van der Waals surface area contributed by atoms with Crippen LogP contribution in [0.15, 0.2) is 72.8 Å². The number of hydrogen-bond donors (Lipinski definition) is 2. The topological polar surface area (TPSA) is 57.4 Å². The largest absolute Gasteiger partial charge is 0.497 e. The molecule has 162 valence electrons. The standard InChI is InChI=1S/C27H27N3O2/c1-3-18-8-12-20(13-9-18)28-27(31)30-17-16-23-22-6-4-5-7-24(22)29-25(23)26(30)19-10-14-21(32-2)15-11-19/h4-15,26,29H,3,16-17H2,1-2H3,(H,28,31). The van der Waals surface area contributed by atoms with E-state index in [4.69, 9.17) is 4.74 Å². The molecule has 1 atom stereocenters. The van der Waals surface area contributed by atoms with Gasteiger partial charge in [-0.15, -0.1) is 0 Å². The van der Waals surface area contributed by atoms with Crippen molar-refractivity contribution in [2.45, 2.75) is 25.8 Å². The minimum Gasteiger partial charge on any atom is -0.497 e. The highest BCUT2D eigenvalue weighted by atomic mass is 16.5. The molecule has 0 bridgehead atoms. The van der Waals surface area contributed by atoms with Crippen LogP contribution in [0.1, 0.15) is 35.3 Å². The average Bonchev–Trinajstić information content (AvgIpc) is 3.23. The maximum Gasteiger partial charge on any atom is 0.322 e. The molecular weight excluding hydrogens is 398 g/mol. The number of anilines is 1. The minimum atomic E-state index is -0.202. The van der Waals surface area contributed by atoms with Crippen LogP contribution >= 0.6 is 0 Å². The zero-order valence-electron chi connectivity index (χ0n) is 18.4. The quantitative estimate of drug-likeness (QED) is 0.426. The third-order valence-corrected chi connectivity index (χ3v) is 6.34. The molecule has 0 saturated carbocycles. The van der Waals surface area contributed by atoms with Crippen molar-refractivity contribution in [1.82, 2.24) is 9.88 Å². The number of H-pyrrole nitrogens is 1. The second kappa shape index (κ2) is 8.42. The lowest BCUT2D eigenvalue weighted by atomic mass is 9.92. The van der Waals surface area contributed by atoms with Crippen LogP contribution in [0.4, 0.5) is 10.5 Å². The highest BCUT2D eigenvalue weighted by molar-refractivity contribution is 5.91. The molecule has 2 amide bonds. The Hall–Kier alpha value is -3.73. The van der Waals surface area contributed by atoms with E-state index in [1.807, 2.05) is 47.4 Å².